The molecule has 2 N–H and O–H groups in total. The van der Waals surface area contributed by atoms with Crippen LogP contribution in [0.15, 0.2) is 29.4 Å². The molecule has 0 spiro atoms. The zero-order valence-electron chi connectivity index (χ0n) is 5.67. The molecule has 0 amide bonds. The van der Waals surface area contributed by atoms with Gasteiger partial charge in [0.05, 0.1) is 5.70 Å². The third-order valence-electron chi connectivity index (χ3n) is 0.938. The molecule has 0 bridgehead atoms. The van der Waals surface area contributed by atoms with Gasteiger partial charge in [0.2, 0.25) is 0 Å². The van der Waals surface area contributed by atoms with Gasteiger partial charge in [-0.1, -0.05) is 12.7 Å². The summed E-state index contributed by atoms with van der Waals surface area (Å²) in [6.07, 6.45) is 3.39. The number of aliphatic imine (C=N–C) groups is 1. The molecule has 0 saturated carbocycles. The Labute approximate surface area is 55.8 Å². The molecule has 0 radical (unpaired) electrons. The van der Waals surface area contributed by atoms with Crippen molar-refractivity contribution in [3.63, 3.8) is 0 Å². The Morgan fingerprint density at radius 3 is 2.44 bits per heavy atom. The third kappa shape index (κ3) is 2.82. The fourth-order valence-electron chi connectivity index (χ4n) is 0.469. The van der Waals surface area contributed by atoms with Gasteiger partial charge in [-0.15, -0.1) is 0 Å². The molecule has 0 aliphatic rings. The summed E-state index contributed by atoms with van der Waals surface area (Å²) in [6, 6.07) is -0.0551. The van der Waals surface area contributed by atoms with Crippen molar-refractivity contribution in [2.75, 3.05) is 0 Å². The first-order valence-corrected chi connectivity index (χ1v) is 2.77. The minimum Gasteiger partial charge on any atom is -0.323 e. The highest BCUT2D eigenvalue weighted by molar-refractivity contribution is 5.31. The van der Waals surface area contributed by atoms with Gasteiger partial charge in [0.1, 0.15) is 0 Å². The van der Waals surface area contributed by atoms with Crippen LogP contribution >= 0.6 is 0 Å². The van der Waals surface area contributed by atoms with Crippen molar-refractivity contribution < 1.29 is 0 Å². The quantitative estimate of drug-likeness (QED) is 0.444. The van der Waals surface area contributed by atoms with E-state index >= 15 is 0 Å². The highest BCUT2D eigenvalue weighted by atomic mass is 14.8. The third-order valence-corrected chi connectivity index (χ3v) is 0.938. The van der Waals surface area contributed by atoms with E-state index in [4.69, 9.17) is 5.73 Å². The van der Waals surface area contributed by atoms with Gasteiger partial charge in [-0.05, 0) is 19.7 Å². The fraction of sp³-hybridized carbons (Fsp3) is 0.286. The smallest absolute Gasteiger partial charge is 0.0560 e. The molecule has 0 rings (SSSR count). The molecule has 9 heavy (non-hydrogen) atoms. The Bertz CT molecular complexity index is 134. The number of nitrogens with two attached hydrogens (primary N) is 1. The molecular formula is C7H12N2. The summed E-state index contributed by atoms with van der Waals surface area (Å²) in [6.45, 7) is 8.72. The maximum Gasteiger partial charge on any atom is 0.0560 e. The van der Waals surface area contributed by atoms with Crippen molar-refractivity contribution >= 4 is 6.72 Å². The molecule has 0 aromatic heterocycles. The minimum absolute atomic E-state index is 0.0551. The standard InChI is InChI=1S/C7H12N2/c1-4-5-7(9-3)6(2)8/h4-6H,1,3,8H2,2H3/b7-5-. The number of allylic oxidation sites excluding steroid dienone is 2. The molecule has 0 saturated heterocycles. The Balaban J connectivity index is 4.13. The molecular weight excluding hydrogens is 112 g/mol. The molecule has 2 heteroatoms. The molecule has 0 aromatic carbocycles. The van der Waals surface area contributed by atoms with Gasteiger partial charge in [-0.2, -0.15) is 0 Å². The van der Waals surface area contributed by atoms with E-state index in [0.29, 0.717) is 0 Å². The average molecular weight is 124 g/mol. The van der Waals surface area contributed by atoms with Crippen LogP contribution in [0.25, 0.3) is 0 Å². The molecule has 1 atom stereocenters. The second kappa shape index (κ2) is 4.04. The Hall–Kier alpha value is -0.890. The summed E-state index contributed by atoms with van der Waals surface area (Å²) in [5, 5.41) is 0. The Kier molecular flexibility index (Phi) is 3.64. The van der Waals surface area contributed by atoms with Crippen molar-refractivity contribution in [1.82, 2.24) is 0 Å². The van der Waals surface area contributed by atoms with E-state index in [1.54, 1.807) is 12.2 Å². The van der Waals surface area contributed by atoms with E-state index in [1.807, 2.05) is 6.92 Å². The molecule has 1 unspecified atom stereocenters. The molecule has 0 aliphatic heterocycles. The lowest BCUT2D eigenvalue weighted by atomic mass is 10.2. The van der Waals surface area contributed by atoms with Crippen LogP contribution in [0.3, 0.4) is 0 Å². The van der Waals surface area contributed by atoms with Gasteiger partial charge < -0.3 is 5.73 Å². The molecule has 2 nitrogen and oxygen atoms in total. The predicted octanol–water partition coefficient (Wildman–Crippen LogP) is 1.10. The van der Waals surface area contributed by atoms with Gasteiger partial charge in [-0.25, -0.2) is 0 Å². The second-order valence-electron chi connectivity index (χ2n) is 1.77. The van der Waals surface area contributed by atoms with Gasteiger partial charge in [0, 0.05) is 6.04 Å². The van der Waals surface area contributed by atoms with Crippen LogP contribution in [0, 0.1) is 0 Å². The van der Waals surface area contributed by atoms with Crippen LogP contribution in [0.5, 0.6) is 0 Å². The van der Waals surface area contributed by atoms with Crippen molar-refractivity contribution in [2.45, 2.75) is 13.0 Å². The Morgan fingerprint density at radius 1 is 1.78 bits per heavy atom. The first-order valence-electron chi connectivity index (χ1n) is 2.77. The van der Waals surface area contributed by atoms with Crippen LogP contribution in [0.4, 0.5) is 0 Å². The van der Waals surface area contributed by atoms with Crippen molar-refractivity contribution in [3.05, 3.63) is 24.4 Å². The lowest BCUT2D eigenvalue weighted by Crippen LogP contribution is -2.16. The Morgan fingerprint density at radius 2 is 2.33 bits per heavy atom. The summed E-state index contributed by atoms with van der Waals surface area (Å²) in [7, 11) is 0. The van der Waals surface area contributed by atoms with Gasteiger partial charge in [0.25, 0.3) is 0 Å². The molecule has 0 fully saturated rings. The van der Waals surface area contributed by atoms with Crippen LogP contribution in [0.1, 0.15) is 6.92 Å². The number of hydrogen-bond acceptors (Lipinski definition) is 2. The van der Waals surface area contributed by atoms with E-state index in [1.165, 1.54) is 0 Å². The lowest BCUT2D eigenvalue weighted by Gasteiger charge is -2.01. The number of rotatable bonds is 3. The highest BCUT2D eigenvalue weighted by Gasteiger charge is 1.95. The summed E-state index contributed by atoms with van der Waals surface area (Å²) < 4.78 is 0. The van der Waals surface area contributed by atoms with E-state index < -0.39 is 0 Å². The average Bonchev–Trinajstić information content (AvgIpc) is 1.82. The molecule has 0 aromatic rings. The summed E-state index contributed by atoms with van der Waals surface area (Å²) >= 11 is 0. The predicted molar refractivity (Wildman–Crippen MR) is 41.5 cm³/mol. The SMILES string of the molecule is C=C/C=C(\N=C)C(C)N. The molecule has 0 aliphatic carbocycles. The number of hydrogen-bond donors (Lipinski definition) is 1. The van der Waals surface area contributed by atoms with Crippen LogP contribution < -0.4 is 5.73 Å². The van der Waals surface area contributed by atoms with E-state index in [9.17, 15) is 0 Å². The molecule has 50 valence electrons. The zero-order chi connectivity index (χ0) is 7.28. The van der Waals surface area contributed by atoms with Crippen molar-refractivity contribution in [2.24, 2.45) is 10.7 Å². The van der Waals surface area contributed by atoms with Gasteiger partial charge in [-0.3, -0.25) is 4.99 Å². The van der Waals surface area contributed by atoms with Gasteiger partial charge >= 0.3 is 0 Å². The lowest BCUT2D eigenvalue weighted by molar-refractivity contribution is 0.850. The minimum atomic E-state index is -0.0551. The largest absolute Gasteiger partial charge is 0.323 e. The van der Waals surface area contributed by atoms with Crippen LogP contribution in [-0.2, 0) is 0 Å². The van der Waals surface area contributed by atoms with E-state index in [2.05, 4.69) is 18.3 Å². The monoisotopic (exact) mass is 124 g/mol. The van der Waals surface area contributed by atoms with E-state index in [0.717, 1.165) is 5.70 Å². The first kappa shape index (κ1) is 8.11. The van der Waals surface area contributed by atoms with Crippen LogP contribution in [-0.4, -0.2) is 12.8 Å². The number of nitrogens with zero attached hydrogens (tertiary/aromatic N) is 1. The van der Waals surface area contributed by atoms with Crippen molar-refractivity contribution in [3.8, 4) is 0 Å². The maximum absolute atomic E-state index is 5.48. The first-order chi connectivity index (χ1) is 4.22. The van der Waals surface area contributed by atoms with Crippen LogP contribution in [0.2, 0.25) is 0 Å². The second-order valence-corrected chi connectivity index (χ2v) is 1.77. The summed E-state index contributed by atoms with van der Waals surface area (Å²) in [5.74, 6) is 0. The normalized spacial score (nSPS) is 14.7. The zero-order valence-corrected chi connectivity index (χ0v) is 5.67. The molecule has 0 heterocycles. The van der Waals surface area contributed by atoms with Gasteiger partial charge in [0.15, 0.2) is 0 Å². The summed E-state index contributed by atoms with van der Waals surface area (Å²) in [5.41, 5.74) is 6.25. The van der Waals surface area contributed by atoms with Crippen molar-refractivity contribution in [1.29, 1.82) is 0 Å². The topological polar surface area (TPSA) is 38.4 Å². The fourth-order valence-corrected chi connectivity index (χ4v) is 0.469. The summed E-state index contributed by atoms with van der Waals surface area (Å²) in [4.78, 5) is 3.69. The van der Waals surface area contributed by atoms with E-state index in [-0.39, 0.29) is 6.04 Å². The maximum atomic E-state index is 5.48. The highest BCUT2D eigenvalue weighted by Crippen LogP contribution is 1.98.